The van der Waals surface area contributed by atoms with E-state index in [1.54, 1.807) is 5.38 Å². The van der Waals surface area contributed by atoms with E-state index in [0.29, 0.717) is 17.2 Å². The largest absolute Gasteiger partial charge is 0.464 e. The molecule has 0 saturated carbocycles. The Kier molecular flexibility index (Phi) is 3.16. The van der Waals surface area contributed by atoms with Gasteiger partial charge in [-0.1, -0.05) is 0 Å². The molecule has 0 amide bonds. The van der Waals surface area contributed by atoms with Crippen LogP contribution in [0.1, 0.15) is 10.5 Å². The molecule has 0 unspecified atom stereocenters. The fraction of sp³-hybridized carbons (Fsp3) is 0.167. The van der Waals surface area contributed by atoms with Gasteiger partial charge < -0.3 is 14.2 Å². The van der Waals surface area contributed by atoms with Crippen molar-refractivity contribution in [2.45, 2.75) is 0 Å². The minimum atomic E-state index is -0.442. The first-order valence-corrected chi connectivity index (χ1v) is 6.99. The molecule has 1 aliphatic rings. The summed E-state index contributed by atoms with van der Waals surface area (Å²) in [4.78, 5) is 15.6. The van der Waals surface area contributed by atoms with Gasteiger partial charge in [-0.2, -0.15) is 0 Å². The summed E-state index contributed by atoms with van der Waals surface area (Å²) >= 11 is 4.80. The molecule has 0 fully saturated rings. The van der Waals surface area contributed by atoms with E-state index in [1.807, 2.05) is 12.1 Å². The van der Waals surface area contributed by atoms with E-state index in [4.69, 9.17) is 9.47 Å². The molecular weight excluding hydrogens is 334 g/mol. The number of thiazole rings is 1. The molecule has 5 nitrogen and oxygen atoms in total. The Hall–Kier alpha value is -1.60. The third-order valence-corrected chi connectivity index (χ3v) is 4.05. The number of esters is 1. The number of carbonyl (C=O) groups excluding carboxylic acids is 1. The summed E-state index contributed by atoms with van der Waals surface area (Å²) in [6.45, 7) is 0.211. The second-order valence-electron chi connectivity index (χ2n) is 3.72. The highest BCUT2D eigenvalue weighted by atomic mass is 79.9. The van der Waals surface area contributed by atoms with Gasteiger partial charge in [0.05, 0.1) is 11.6 Å². The Morgan fingerprint density at radius 3 is 3.11 bits per heavy atom. The summed E-state index contributed by atoms with van der Waals surface area (Å²) < 4.78 is 16.1. The van der Waals surface area contributed by atoms with Crippen LogP contribution in [-0.2, 0) is 4.74 Å². The van der Waals surface area contributed by atoms with E-state index in [9.17, 15) is 4.79 Å². The third-order valence-electron chi connectivity index (χ3n) is 2.57. The van der Waals surface area contributed by atoms with Crippen LogP contribution in [0.4, 0.5) is 0 Å². The van der Waals surface area contributed by atoms with Crippen molar-refractivity contribution in [1.82, 2.24) is 4.98 Å². The third kappa shape index (κ3) is 2.19. The van der Waals surface area contributed by atoms with Crippen LogP contribution in [0, 0.1) is 0 Å². The number of benzene rings is 1. The molecule has 1 aromatic heterocycles. The van der Waals surface area contributed by atoms with Crippen LogP contribution in [-0.4, -0.2) is 24.9 Å². The van der Waals surface area contributed by atoms with Crippen LogP contribution < -0.4 is 9.47 Å². The molecule has 0 spiro atoms. The number of hydrogen-bond donors (Lipinski definition) is 0. The molecule has 1 aromatic carbocycles. The monoisotopic (exact) mass is 341 g/mol. The van der Waals surface area contributed by atoms with E-state index in [0.717, 1.165) is 15.0 Å². The minimum absolute atomic E-state index is 0.211. The number of hydrogen-bond acceptors (Lipinski definition) is 6. The number of carbonyl (C=O) groups is 1. The lowest BCUT2D eigenvalue weighted by molar-refractivity contribution is 0.0595. The summed E-state index contributed by atoms with van der Waals surface area (Å²) in [5, 5.41) is 2.39. The van der Waals surface area contributed by atoms with Gasteiger partial charge in [0.2, 0.25) is 6.79 Å². The van der Waals surface area contributed by atoms with Crippen molar-refractivity contribution in [1.29, 1.82) is 0 Å². The van der Waals surface area contributed by atoms with Crippen LogP contribution in [0.15, 0.2) is 22.0 Å². The standard InChI is InChI=1S/C12H8BrNO4S/c1-16-12(15)8-4-19-11(14-8)6-2-7(13)10-9(3-6)17-5-18-10/h2-4H,5H2,1H3. The summed E-state index contributed by atoms with van der Waals surface area (Å²) in [5.41, 5.74) is 1.16. The quantitative estimate of drug-likeness (QED) is 0.785. The lowest BCUT2D eigenvalue weighted by Gasteiger charge is -2.02. The molecule has 2 heterocycles. The zero-order valence-corrected chi connectivity index (χ0v) is 12.2. The van der Waals surface area contributed by atoms with Crippen LogP contribution in [0.3, 0.4) is 0 Å². The first-order valence-electron chi connectivity index (χ1n) is 5.32. The average Bonchev–Trinajstić information content (AvgIpc) is 3.06. The Balaban J connectivity index is 2.01. The second-order valence-corrected chi connectivity index (χ2v) is 5.43. The highest BCUT2D eigenvalue weighted by Gasteiger charge is 2.20. The van der Waals surface area contributed by atoms with Crippen molar-refractivity contribution in [3.8, 4) is 22.1 Å². The fourth-order valence-corrected chi connectivity index (χ4v) is 3.03. The van der Waals surface area contributed by atoms with Gasteiger partial charge in [-0.05, 0) is 28.1 Å². The normalized spacial score (nSPS) is 12.5. The van der Waals surface area contributed by atoms with Crippen molar-refractivity contribution in [3.63, 3.8) is 0 Å². The van der Waals surface area contributed by atoms with Crippen molar-refractivity contribution in [2.24, 2.45) is 0 Å². The Bertz CT molecular complexity index is 655. The molecule has 0 atom stereocenters. The molecule has 7 heteroatoms. The van der Waals surface area contributed by atoms with Gasteiger partial charge in [-0.3, -0.25) is 0 Å². The molecule has 2 aromatic rings. The number of nitrogens with zero attached hydrogens (tertiary/aromatic N) is 1. The van der Waals surface area contributed by atoms with Gasteiger partial charge in [-0.25, -0.2) is 9.78 Å². The maximum atomic E-state index is 11.4. The summed E-state index contributed by atoms with van der Waals surface area (Å²) in [6.07, 6.45) is 0. The first kappa shape index (κ1) is 12.4. The maximum Gasteiger partial charge on any atom is 0.357 e. The zero-order chi connectivity index (χ0) is 13.4. The predicted octanol–water partition coefficient (Wildman–Crippen LogP) is 3.09. The lowest BCUT2D eigenvalue weighted by atomic mass is 10.2. The summed E-state index contributed by atoms with van der Waals surface area (Å²) in [5.74, 6) is 0.912. The van der Waals surface area contributed by atoms with Crippen LogP contribution >= 0.6 is 27.3 Å². The molecule has 0 radical (unpaired) electrons. The second kappa shape index (κ2) is 4.82. The van der Waals surface area contributed by atoms with E-state index in [2.05, 4.69) is 25.7 Å². The van der Waals surface area contributed by atoms with Crippen LogP contribution in [0.2, 0.25) is 0 Å². The molecule has 0 N–H and O–H groups in total. The fourth-order valence-electron chi connectivity index (χ4n) is 1.70. The highest BCUT2D eigenvalue weighted by molar-refractivity contribution is 9.10. The van der Waals surface area contributed by atoms with E-state index in [-0.39, 0.29) is 6.79 Å². The van der Waals surface area contributed by atoms with E-state index >= 15 is 0 Å². The Morgan fingerprint density at radius 2 is 2.32 bits per heavy atom. The molecule has 19 heavy (non-hydrogen) atoms. The van der Waals surface area contributed by atoms with Crippen molar-refractivity contribution >= 4 is 33.2 Å². The number of ether oxygens (including phenoxy) is 3. The van der Waals surface area contributed by atoms with E-state index < -0.39 is 5.97 Å². The van der Waals surface area contributed by atoms with Gasteiger partial charge in [0.25, 0.3) is 0 Å². The van der Waals surface area contributed by atoms with Gasteiger partial charge in [0.1, 0.15) is 5.01 Å². The number of rotatable bonds is 2. The molecule has 98 valence electrons. The van der Waals surface area contributed by atoms with Crippen LogP contribution in [0.25, 0.3) is 10.6 Å². The predicted molar refractivity (Wildman–Crippen MR) is 72.7 cm³/mol. The highest BCUT2D eigenvalue weighted by Crippen LogP contribution is 2.42. The van der Waals surface area contributed by atoms with Crippen molar-refractivity contribution < 1.29 is 19.0 Å². The lowest BCUT2D eigenvalue weighted by Crippen LogP contribution is -2.00. The minimum Gasteiger partial charge on any atom is -0.464 e. The number of methoxy groups -OCH3 is 1. The number of halogens is 1. The molecule has 0 bridgehead atoms. The maximum absolute atomic E-state index is 11.4. The summed E-state index contributed by atoms with van der Waals surface area (Å²) in [7, 11) is 1.33. The molecular formula is C12H8BrNO4S. The van der Waals surface area contributed by atoms with E-state index in [1.165, 1.54) is 18.4 Å². The van der Waals surface area contributed by atoms with Crippen LogP contribution in [0.5, 0.6) is 11.5 Å². The first-order chi connectivity index (χ1) is 9.19. The molecule has 0 aliphatic carbocycles. The van der Waals surface area contributed by atoms with Gasteiger partial charge >= 0.3 is 5.97 Å². The molecule has 1 aliphatic heterocycles. The molecule has 0 saturated heterocycles. The average molecular weight is 342 g/mol. The number of aromatic nitrogens is 1. The zero-order valence-electron chi connectivity index (χ0n) is 9.81. The van der Waals surface area contributed by atoms with Gasteiger partial charge in [0.15, 0.2) is 17.2 Å². The Morgan fingerprint density at radius 1 is 1.47 bits per heavy atom. The topological polar surface area (TPSA) is 57.7 Å². The number of fused-ring (bicyclic) bond motifs is 1. The smallest absolute Gasteiger partial charge is 0.357 e. The van der Waals surface area contributed by atoms with Gasteiger partial charge in [-0.15, -0.1) is 11.3 Å². The molecule has 3 rings (SSSR count). The Labute approximate surface area is 121 Å². The van der Waals surface area contributed by atoms with Gasteiger partial charge in [0, 0.05) is 10.9 Å². The SMILES string of the molecule is COC(=O)c1csc(-c2cc(Br)c3c(c2)OCO3)n1. The van der Waals surface area contributed by atoms with Crippen molar-refractivity contribution in [2.75, 3.05) is 13.9 Å². The van der Waals surface area contributed by atoms with Crippen molar-refractivity contribution in [3.05, 3.63) is 27.7 Å². The summed E-state index contributed by atoms with van der Waals surface area (Å²) in [6, 6.07) is 3.72.